The second-order valence-corrected chi connectivity index (χ2v) is 14.1. The number of carbonyl (C=O) groups excluding carboxylic acids is 2. The number of aryl methyl sites for hydroxylation is 1. The van der Waals surface area contributed by atoms with Crippen LogP contribution in [0.25, 0.3) is 0 Å². The molecule has 0 fully saturated rings. The topological polar surface area (TPSA) is 86.7 Å². The largest absolute Gasteiger partial charge is 0.465 e. The molecule has 2 aromatic carbocycles. The van der Waals surface area contributed by atoms with Crippen molar-refractivity contribution in [2.24, 2.45) is 10.8 Å². The SMILES string of the molecule is Cc1ccc(S(=O)(=O)Oc2ccc(C3C4=C(CC(C)(C)CC4=O)OC4=C3C(=O)CC(C)(C)C4)cc2Cl)cc1. The molecule has 6 nitrogen and oxygen atoms in total. The fourth-order valence-corrected chi connectivity index (χ4v) is 6.86. The van der Waals surface area contributed by atoms with Gasteiger partial charge in [-0.15, -0.1) is 0 Å². The van der Waals surface area contributed by atoms with Crippen LogP contribution in [0.5, 0.6) is 5.75 Å². The molecule has 0 saturated carbocycles. The molecule has 0 bridgehead atoms. The van der Waals surface area contributed by atoms with Crippen molar-refractivity contribution in [2.75, 3.05) is 0 Å². The summed E-state index contributed by atoms with van der Waals surface area (Å²) >= 11 is 6.56. The number of hydrogen-bond donors (Lipinski definition) is 0. The van der Waals surface area contributed by atoms with Crippen LogP contribution < -0.4 is 4.18 Å². The highest BCUT2D eigenvalue weighted by atomic mass is 35.5. The fourth-order valence-electron chi connectivity index (χ4n) is 5.64. The smallest absolute Gasteiger partial charge is 0.339 e. The van der Waals surface area contributed by atoms with Crippen LogP contribution in [-0.2, 0) is 24.4 Å². The van der Waals surface area contributed by atoms with Crippen molar-refractivity contribution in [1.82, 2.24) is 0 Å². The van der Waals surface area contributed by atoms with Crippen molar-refractivity contribution in [2.45, 2.75) is 71.1 Å². The fraction of sp³-hybridized carbons (Fsp3) is 0.400. The summed E-state index contributed by atoms with van der Waals surface area (Å²) in [5, 5.41) is 0.0705. The van der Waals surface area contributed by atoms with Gasteiger partial charge in [-0.05, 0) is 47.6 Å². The summed E-state index contributed by atoms with van der Waals surface area (Å²) in [7, 11) is -4.10. The number of carbonyl (C=O) groups is 2. The van der Waals surface area contributed by atoms with E-state index in [0.717, 1.165) is 5.56 Å². The molecule has 0 amide bonds. The highest BCUT2D eigenvalue weighted by Gasteiger charge is 2.47. The van der Waals surface area contributed by atoms with Crippen molar-refractivity contribution in [3.8, 4) is 5.75 Å². The van der Waals surface area contributed by atoms with Crippen LogP contribution in [0, 0.1) is 17.8 Å². The molecule has 0 N–H and O–H groups in total. The minimum Gasteiger partial charge on any atom is -0.465 e. The van der Waals surface area contributed by atoms with Crippen LogP contribution in [0.1, 0.15) is 70.4 Å². The summed E-state index contributed by atoms with van der Waals surface area (Å²) in [5.41, 5.74) is 2.02. The number of rotatable bonds is 4. The normalized spacial score (nSPS) is 21.1. The van der Waals surface area contributed by atoms with Gasteiger partial charge in [-0.3, -0.25) is 9.59 Å². The van der Waals surface area contributed by atoms with E-state index in [2.05, 4.69) is 0 Å². The zero-order valence-corrected chi connectivity index (χ0v) is 23.8. The van der Waals surface area contributed by atoms with E-state index in [9.17, 15) is 18.0 Å². The average Bonchev–Trinajstić information content (AvgIpc) is 2.77. The van der Waals surface area contributed by atoms with Crippen LogP contribution in [0.3, 0.4) is 0 Å². The summed E-state index contributed by atoms with van der Waals surface area (Å²) in [6.07, 6.45) is 1.86. The van der Waals surface area contributed by atoms with Gasteiger partial charge >= 0.3 is 10.1 Å². The van der Waals surface area contributed by atoms with Gasteiger partial charge < -0.3 is 8.92 Å². The lowest BCUT2D eigenvalue weighted by Gasteiger charge is -2.42. The molecular weight excluding hydrogens is 524 g/mol. The first-order valence-corrected chi connectivity index (χ1v) is 14.5. The van der Waals surface area contributed by atoms with E-state index in [4.69, 9.17) is 20.5 Å². The lowest BCUT2D eigenvalue weighted by atomic mass is 9.65. The van der Waals surface area contributed by atoms with Gasteiger partial charge in [0.15, 0.2) is 17.3 Å². The molecule has 5 rings (SSSR count). The van der Waals surface area contributed by atoms with Gasteiger partial charge in [0.25, 0.3) is 0 Å². The maximum atomic E-state index is 13.4. The Morgan fingerprint density at radius 2 is 1.37 bits per heavy atom. The lowest BCUT2D eigenvalue weighted by molar-refractivity contribution is -0.120. The van der Waals surface area contributed by atoms with Crippen molar-refractivity contribution < 1.29 is 26.9 Å². The standard InChI is InChI=1S/C30H31ClO6S/c1-17-6-9-19(10-7-17)38(34,35)37-23-11-8-18(12-20(23)31)26-27-21(32)13-29(2,3)15-24(27)36-25-16-30(4,5)14-22(33)28(25)26/h6-12,26H,13-16H2,1-5H3. The predicted molar refractivity (Wildman–Crippen MR) is 144 cm³/mol. The molecule has 0 atom stereocenters. The Kier molecular flexibility index (Phi) is 6.39. The summed E-state index contributed by atoms with van der Waals surface area (Å²) < 4.78 is 37.4. The van der Waals surface area contributed by atoms with E-state index in [1.54, 1.807) is 24.3 Å². The summed E-state index contributed by atoms with van der Waals surface area (Å²) in [5.74, 6) is 0.463. The zero-order valence-electron chi connectivity index (χ0n) is 22.2. The van der Waals surface area contributed by atoms with Crippen LogP contribution >= 0.6 is 11.6 Å². The van der Waals surface area contributed by atoms with Crippen LogP contribution in [0.4, 0.5) is 0 Å². The number of benzene rings is 2. The first kappa shape index (κ1) is 26.7. The molecular formula is C30H31ClO6S. The van der Waals surface area contributed by atoms with Gasteiger partial charge in [0.05, 0.1) is 5.02 Å². The Hall–Kier alpha value is -2.90. The van der Waals surface area contributed by atoms with Crippen molar-refractivity contribution in [3.63, 3.8) is 0 Å². The maximum Gasteiger partial charge on any atom is 0.339 e. The molecule has 1 heterocycles. The van der Waals surface area contributed by atoms with Gasteiger partial charge in [-0.1, -0.05) is 63.1 Å². The minimum atomic E-state index is -4.10. The van der Waals surface area contributed by atoms with Gasteiger partial charge in [0, 0.05) is 42.7 Å². The lowest BCUT2D eigenvalue weighted by Crippen LogP contribution is -2.37. The molecule has 3 aliphatic rings. The molecule has 2 aliphatic carbocycles. The first-order valence-electron chi connectivity index (χ1n) is 12.7. The van der Waals surface area contributed by atoms with Gasteiger partial charge in [0.1, 0.15) is 16.4 Å². The quantitative estimate of drug-likeness (QED) is 0.385. The summed E-state index contributed by atoms with van der Waals surface area (Å²) in [4.78, 5) is 26.9. The van der Waals surface area contributed by atoms with Gasteiger partial charge in [0.2, 0.25) is 0 Å². The molecule has 0 spiro atoms. The van der Waals surface area contributed by atoms with E-state index in [0.29, 0.717) is 53.9 Å². The zero-order chi connectivity index (χ0) is 27.6. The van der Waals surface area contributed by atoms with Crippen molar-refractivity contribution >= 4 is 33.3 Å². The molecule has 8 heteroatoms. The third-order valence-corrected chi connectivity index (χ3v) is 8.92. The van der Waals surface area contributed by atoms with E-state index < -0.39 is 16.0 Å². The third kappa shape index (κ3) is 4.94. The van der Waals surface area contributed by atoms with E-state index in [-0.39, 0.29) is 38.1 Å². The van der Waals surface area contributed by atoms with Gasteiger partial charge in [-0.25, -0.2) is 0 Å². The molecule has 0 radical (unpaired) electrons. The minimum absolute atomic E-state index is 0.0168. The molecule has 38 heavy (non-hydrogen) atoms. The van der Waals surface area contributed by atoms with Crippen LogP contribution in [-0.4, -0.2) is 20.0 Å². The molecule has 0 saturated heterocycles. The van der Waals surface area contributed by atoms with Crippen molar-refractivity contribution in [1.29, 1.82) is 0 Å². The molecule has 200 valence electrons. The number of halogens is 1. The number of hydrogen-bond acceptors (Lipinski definition) is 6. The summed E-state index contributed by atoms with van der Waals surface area (Å²) in [6, 6.07) is 11.1. The molecule has 2 aromatic rings. The number of ketones is 2. The van der Waals surface area contributed by atoms with Crippen molar-refractivity contribution in [3.05, 3.63) is 81.3 Å². The number of Topliss-reactive ketones (excluding diaryl/α,β-unsaturated/α-hetero) is 2. The third-order valence-electron chi connectivity index (χ3n) is 7.38. The highest BCUT2D eigenvalue weighted by Crippen LogP contribution is 2.53. The Labute approximate surface area is 228 Å². The van der Waals surface area contributed by atoms with Gasteiger partial charge in [-0.2, -0.15) is 8.42 Å². The Morgan fingerprint density at radius 3 is 1.87 bits per heavy atom. The molecule has 1 aliphatic heterocycles. The van der Waals surface area contributed by atoms with E-state index >= 15 is 0 Å². The first-order chi connectivity index (χ1) is 17.7. The van der Waals surface area contributed by atoms with Crippen LogP contribution in [0.2, 0.25) is 5.02 Å². The number of ether oxygens (including phenoxy) is 1. The Balaban J connectivity index is 1.57. The van der Waals surface area contributed by atoms with Crippen LogP contribution in [0.15, 0.2) is 70.0 Å². The highest BCUT2D eigenvalue weighted by molar-refractivity contribution is 7.87. The monoisotopic (exact) mass is 554 g/mol. The predicted octanol–water partition coefficient (Wildman–Crippen LogP) is 6.82. The van der Waals surface area contributed by atoms with E-state index in [1.165, 1.54) is 18.2 Å². The molecule has 0 aromatic heterocycles. The second-order valence-electron chi connectivity index (χ2n) is 12.1. The molecule has 0 unspecified atom stereocenters. The number of allylic oxidation sites excluding steroid dienone is 4. The van der Waals surface area contributed by atoms with E-state index in [1.807, 2.05) is 34.6 Å². The maximum absolute atomic E-state index is 13.4. The summed E-state index contributed by atoms with van der Waals surface area (Å²) in [6.45, 7) is 9.99. The second kappa shape index (κ2) is 9.09. The average molecular weight is 555 g/mol. The Bertz CT molecular complexity index is 1470. The Morgan fingerprint density at radius 1 is 0.842 bits per heavy atom.